The Hall–Kier alpha value is -6.29. The van der Waals surface area contributed by atoms with E-state index in [0.717, 1.165) is 120 Å². The average Bonchev–Trinajstić information content (AvgIpc) is 1.70. The highest BCUT2D eigenvalue weighted by atomic mass is 16.5. The second kappa shape index (κ2) is 32.0. The van der Waals surface area contributed by atoms with E-state index in [1.165, 1.54) is 64.6 Å². The van der Waals surface area contributed by atoms with E-state index in [0.29, 0.717) is 69.5 Å². The Balaban J connectivity index is 0.000000203. The summed E-state index contributed by atoms with van der Waals surface area (Å²) in [4.78, 5) is 12.6. The summed E-state index contributed by atoms with van der Waals surface area (Å²) in [5.74, 6) is 4.00. The largest absolute Gasteiger partial charge is 0.489 e. The van der Waals surface area contributed by atoms with Crippen molar-refractivity contribution in [2.45, 2.75) is 231 Å². The molecule has 6 aliphatic carbocycles. The molecule has 6 aliphatic rings. The summed E-state index contributed by atoms with van der Waals surface area (Å²) < 4.78 is 31.2. The SMILES string of the molecule is C=CC[C@]1(O)C[C@@]2(C)C(CC[C@@H]2OCc2ccccc2)C2CCc3cc(OCc4ccccc4)ccc3C21.CCCCCCC(CCCCCC=CC[C@]1(O)C[C@@]2(C)C(CC[C@@H]2OCc2ccccc2)C2CCc3cc(OCc4ccccc4)ccc3C21)C(=O)OCC. The molecule has 8 heteroatoms. The summed E-state index contributed by atoms with van der Waals surface area (Å²) in [6.45, 7) is 15.8. The van der Waals surface area contributed by atoms with Crippen LogP contribution in [0.15, 0.2) is 183 Å². The normalized spacial score (nSPS) is 28.5. The van der Waals surface area contributed by atoms with Gasteiger partial charge >= 0.3 is 5.97 Å². The lowest BCUT2D eigenvalue weighted by Crippen LogP contribution is -2.56. The van der Waals surface area contributed by atoms with Gasteiger partial charge in [0, 0.05) is 11.8 Å². The molecule has 0 bridgehead atoms. The van der Waals surface area contributed by atoms with Gasteiger partial charge in [0.15, 0.2) is 0 Å². The minimum Gasteiger partial charge on any atom is -0.489 e. The van der Waals surface area contributed by atoms with E-state index in [9.17, 15) is 15.0 Å². The highest BCUT2D eigenvalue weighted by Crippen LogP contribution is 2.67. The molecular formula is C85H108O8. The summed E-state index contributed by atoms with van der Waals surface area (Å²) in [7, 11) is 0. The number of allylic oxidation sites excluding steroid dienone is 1. The van der Waals surface area contributed by atoms with E-state index >= 15 is 0 Å². The number of aryl methyl sites for hydroxylation is 2. The zero-order valence-electron chi connectivity index (χ0n) is 56.6. The molecule has 4 saturated carbocycles. The van der Waals surface area contributed by atoms with Gasteiger partial charge in [-0.05, 0) is 213 Å². The minimum atomic E-state index is -0.864. The summed E-state index contributed by atoms with van der Waals surface area (Å²) in [5.41, 5.74) is 8.25. The maximum absolute atomic E-state index is 13.1. The molecule has 0 radical (unpaired) electrons. The summed E-state index contributed by atoms with van der Waals surface area (Å²) in [6, 6.07) is 54.9. The first-order valence-corrected chi connectivity index (χ1v) is 36.1. The lowest BCUT2D eigenvalue weighted by Gasteiger charge is -2.58. The van der Waals surface area contributed by atoms with Crippen molar-refractivity contribution < 1.29 is 38.7 Å². The number of benzene rings is 6. The van der Waals surface area contributed by atoms with Gasteiger partial charge in [-0.25, -0.2) is 0 Å². The topological polar surface area (TPSA) is 104 Å². The second-order valence-electron chi connectivity index (χ2n) is 29.2. The maximum Gasteiger partial charge on any atom is 0.308 e. The van der Waals surface area contributed by atoms with Crippen molar-refractivity contribution in [3.8, 4) is 11.5 Å². The van der Waals surface area contributed by atoms with Gasteiger partial charge in [-0.2, -0.15) is 0 Å². The van der Waals surface area contributed by atoms with E-state index in [1.54, 1.807) is 0 Å². The van der Waals surface area contributed by atoms with E-state index in [4.69, 9.17) is 23.7 Å². The Bertz CT molecular complexity index is 3330. The highest BCUT2D eigenvalue weighted by molar-refractivity contribution is 5.72. The van der Waals surface area contributed by atoms with Crippen LogP contribution >= 0.6 is 0 Å². The molecule has 8 nitrogen and oxygen atoms in total. The van der Waals surface area contributed by atoms with Crippen LogP contribution in [0.25, 0.3) is 0 Å². The zero-order chi connectivity index (χ0) is 64.7. The Kier molecular flexibility index (Phi) is 23.4. The van der Waals surface area contributed by atoms with Gasteiger partial charge < -0.3 is 33.9 Å². The Labute approximate surface area is 558 Å². The summed E-state index contributed by atoms with van der Waals surface area (Å²) in [6.07, 6.45) is 29.1. The number of hydrogen-bond acceptors (Lipinski definition) is 8. The molecule has 0 aliphatic heterocycles. The number of carbonyl (C=O) groups is 1. The van der Waals surface area contributed by atoms with Crippen LogP contribution in [-0.4, -0.2) is 46.2 Å². The smallest absolute Gasteiger partial charge is 0.308 e. The fourth-order valence-electron chi connectivity index (χ4n) is 18.9. The molecule has 13 atom stereocenters. The fourth-order valence-corrected chi connectivity index (χ4v) is 18.9. The first kappa shape index (κ1) is 68.1. The standard InChI is InChI=1S/C50H68O5.C35H40O3/c1-4-6-7-18-25-40(48(51)53-5-2)26-19-10-8-9-11-20-33-50(52)37-49(3)45(31-32-46(49)55-36-39-23-16-13-17-24-39)44-29-27-41-34-42(28-30-43(41)47(44)50)54-35-38-21-14-12-15-22-38;1-3-20-35(36)24-34(2)31(18-19-32(34)38-23-26-12-8-5-9-13-26)30-16-14-27-21-28(15-17-29(27)33(30)35)37-22-25-10-6-4-7-11-25/h11-17,20-24,28,30,34,40,44-47,52H,4-10,18-19,25-27,29,31-33,35-37H2,1-3H3;3-13,15,17,21,30-33,36H,1,14,16,18-20,22-24H2,2H3/t40?,44?,45?,46-,47?,49-,50-;30?,31?,32-,33?,34-,35-/m00/s1. The molecule has 6 aromatic rings. The molecule has 0 amide bonds. The van der Waals surface area contributed by atoms with Crippen LogP contribution in [0.4, 0.5) is 0 Å². The molecule has 0 saturated heterocycles. The molecule has 6 aromatic carbocycles. The average molecular weight is 1260 g/mol. The molecule has 0 heterocycles. The van der Waals surface area contributed by atoms with E-state index < -0.39 is 11.2 Å². The number of fused-ring (bicyclic) bond motifs is 10. The van der Waals surface area contributed by atoms with Crippen LogP contribution in [-0.2, 0) is 58.3 Å². The third-order valence-electron chi connectivity index (χ3n) is 23.1. The van der Waals surface area contributed by atoms with Gasteiger partial charge in [0.2, 0.25) is 0 Å². The van der Waals surface area contributed by atoms with Crippen LogP contribution in [0.5, 0.6) is 11.5 Å². The van der Waals surface area contributed by atoms with Gasteiger partial charge in [0.05, 0.1) is 49.1 Å². The fraction of sp³-hybridized carbons (Fsp3) is 0.518. The lowest BCUT2D eigenvalue weighted by atomic mass is 9.49. The maximum atomic E-state index is 13.1. The molecule has 12 rings (SSSR count). The zero-order valence-corrected chi connectivity index (χ0v) is 56.6. The van der Waals surface area contributed by atoms with Crippen LogP contribution in [0.3, 0.4) is 0 Å². The van der Waals surface area contributed by atoms with Crippen molar-refractivity contribution >= 4 is 5.97 Å². The molecule has 93 heavy (non-hydrogen) atoms. The van der Waals surface area contributed by atoms with Crippen LogP contribution in [0, 0.1) is 40.4 Å². The third kappa shape index (κ3) is 16.2. The lowest BCUT2D eigenvalue weighted by molar-refractivity contribution is -0.151. The van der Waals surface area contributed by atoms with E-state index in [-0.39, 0.29) is 46.8 Å². The number of esters is 1. The van der Waals surface area contributed by atoms with Gasteiger partial charge in [0.1, 0.15) is 24.7 Å². The molecule has 496 valence electrons. The first-order valence-electron chi connectivity index (χ1n) is 36.1. The monoisotopic (exact) mass is 1260 g/mol. The number of rotatable bonds is 29. The number of unbranched alkanes of at least 4 members (excludes halogenated alkanes) is 6. The number of ether oxygens (including phenoxy) is 5. The van der Waals surface area contributed by atoms with Crippen LogP contribution < -0.4 is 9.47 Å². The molecule has 2 N–H and O–H groups in total. The molecule has 0 spiro atoms. The van der Waals surface area contributed by atoms with Crippen molar-refractivity contribution in [3.05, 3.63) is 227 Å². The summed E-state index contributed by atoms with van der Waals surface area (Å²) >= 11 is 0. The number of carbonyl (C=O) groups excluding carboxylic acids is 1. The van der Waals surface area contributed by atoms with Crippen molar-refractivity contribution in [1.29, 1.82) is 0 Å². The minimum absolute atomic E-state index is 0.0101. The molecule has 0 aromatic heterocycles. The van der Waals surface area contributed by atoms with Crippen molar-refractivity contribution in [3.63, 3.8) is 0 Å². The second-order valence-corrected chi connectivity index (χ2v) is 29.2. The molecule has 4 fully saturated rings. The van der Waals surface area contributed by atoms with Crippen LogP contribution in [0.2, 0.25) is 0 Å². The third-order valence-corrected chi connectivity index (χ3v) is 23.1. The predicted octanol–water partition coefficient (Wildman–Crippen LogP) is 19.7. The van der Waals surface area contributed by atoms with Gasteiger partial charge in [-0.15, -0.1) is 6.58 Å². The predicted molar refractivity (Wildman–Crippen MR) is 375 cm³/mol. The van der Waals surface area contributed by atoms with E-state index in [1.807, 2.05) is 43.3 Å². The van der Waals surface area contributed by atoms with Gasteiger partial charge in [-0.3, -0.25) is 4.79 Å². The first-order chi connectivity index (χ1) is 45.3. The molecule has 7 unspecified atom stereocenters. The number of hydrogen-bond donors (Lipinski definition) is 2. The van der Waals surface area contributed by atoms with Crippen molar-refractivity contribution in [2.24, 2.45) is 40.4 Å². The number of aliphatic hydroxyl groups is 2. The van der Waals surface area contributed by atoms with Crippen LogP contribution in [0.1, 0.15) is 212 Å². The summed E-state index contributed by atoms with van der Waals surface area (Å²) in [5, 5.41) is 25.5. The highest BCUT2D eigenvalue weighted by Gasteiger charge is 2.64. The Morgan fingerprint density at radius 3 is 1.41 bits per heavy atom. The van der Waals surface area contributed by atoms with Crippen molar-refractivity contribution in [2.75, 3.05) is 6.61 Å². The Morgan fingerprint density at radius 1 is 0.527 bits per heavy atom. The Morgan fingerprint density at radius 2 is 0.968 bits per heavy atom. The molecular weight excluding hydrogens is 1150 g/mol. The van der Waals surface area contributed by atoms with Crippen molar-refractivity contribution in [1.82, 2.24) is 0 Å². The van der Waals surface area contributed by atoms with Gasteiger partial charge in [-0.1, -0.05) is 211 Å². The van der Waals surface area contributed by atoms with E-state index in [2.05, 4.69) is 167 Å². The quantitative estimate of drug-likeness (QED) is 0.0272. The van der Waals surface area contributed by atoms with Gasteiger partial charge in [0.25, 0.3) is 0 Å².